The number of hydrogen-bond acceptors (Lipinski definition) is 5. The quantitative estimate of drug-likeness (QED) is 0.706. The zero-order valence-corrected chi connectivity index (χ0v) is 18.2. The number of hydrogen-bond donors (Lipinski definition) is 1. The number of carbonyl (C=O) groups is 1. The smallest absolute Gasteiger partial charge is 0.223 e. The minimum Gasteiger partial charge on any atom is -0.486 e. The van der Waals surface area contributed by atoms with Gasteiger partial charge in [-0.1, -0.05) is 36.4 Å². The molecule has 31 heavy (non-hydrogen) atoms. The van der Waals surface area contributed by atoms with Gasteiger partial charge in [-0.15, -0.1) is 0 Å². The maximum atomic E-state index is 13.1. The van der Waals surface area contributed by atoms with Gasteiger partial charge in [0.05, 0.1) is 6.04 Å². The molecular weight excluding hydrogens is 392 g/mol. The van der Waals surface area contributed by atoms with E-state index in [0.717, 1.165) is 24.2 Å². The van der Waals surface area contributed by atoms with Crippen LogP contribution >= 0.6 is 0 Å². The molecule has 0 aliphatic carbocycles. The van der Waals surface area contributed by atoms with Gasteiger partial charge < -0.3 is 24.4 Å². The minimum atomic E-state index is -0.804. The molecule has 1 amide bonds. The molecule has 1 fully saturated rings. The maximum Gasteiger partial charge on any atom is 0.223 e. The monoisotopic (exact) mass is 424 g/mol. The highest BCUT2D eigenvalue weighted by molar-refractivity contribution is 5.76. The van der Waals surface area contributed by atoms with Crippen LogP contribution in [0, 0.1) is 0 Å². The number of aliphatic hydroxyl groups excluding tert-OH is 1. The van der Waals surface area contributed by atoms with Crippen LogP contribution in [0.3, 0.4) is 0 Å². The van der Waals surface area contributed by atoms with E-state index in [1.807, 2.05) is 55.6 Å². The molecule has 0 aromatic heterocycles. The van der Waals surface area contributed by atoms with Crippen molar-refractivity contribution in [2.24, 2.45) is 0 Å². The van der Waals surface area contributed by atoms with Crippen molar-refractivity contribution >= 4 is 5.91 Å². The van der Waals surface area contributed by atoms with Crippen molar-refractivity contribution in [1.82, 2.24) is 9.80 Å². The molecule has 2 aliphatic rings. The second-order valence-electron chi connectivity index (χ2n) is 8.41. The second-order valence-corrected chi connectivity index (χ2v) is 8.41. The van der Waals surface area contributed by atoms with E-state index >= 15 is 0 Å². The summed E-state index contributed by atoms with van der Waals surface area (Å²) >= 11 is 0. The summed E-state index contributed by atoms with van der Waals surface area (Å²) in [7, 11) is 1.81. The van der Waals surface area contributed by atoms with E-state index in [9.17, 15) is 9.90 Å². The van der Waals surface area contributed by atoms with Gasteiger partial charge in [0.2, 0.25) is 5.91 Å². The fourth-order valence-corrected chi connectivity index (χ4v) is 4.39. The van der Waals surface area contributed by atoms with Crippen LogP contribution in [-0.4, -0.2) is 66.8 Å². The van der Waals surface area contributed by atoms with Crippen LogP contribution in [0.5, 0.6) is 11.5 Å². The Bertz CT molecular complexity index is 867. The van der Waals surface area contributed by atoms with Crippen LogP contribution in [-0.2, 0) is 11.2 Å². The van der Waals surface area contributed by atoms with Crippen LogP contribution in [0.4, 0.5) is 0 Å². The fourth-order valence-electron chi connectivity index (χ4n) is 4.39. The number of ether oxygens (including phenoxy) is 2. The van der Waals surface area contributed by atoms with Crippen LogP contribution in [0.2, 0.25) is 0 Å². The molecule has 0 radical (unpaired) electrons. The number of likely N-dealkylation sites (N-methyl/N-ethyl adjacent to an activating group) is 1. The van der Waals surface area contributed by atoms with Gasteiger partial charge in [-0.2, -0.15) is 0 Å². The molecule has 2 atom stereocenters. The van der Waals surface area contributed by atoms with Crippen molar-refractivity contribution in [2.45, 2.75) is 37.8 Å². The summed E-state index contributed by atoms with van der Waals surface area (Å²) in [6.07, 6.45) is 2.64. The molecule has 1 saturated heterocycles. The molecule has 0 spiro atoms. The van der Waals surface area contributed by atoms with Gasteiger partial charge in [-0.05, 0) is 55.6 Å². The first-order valence-corrected chi connectivity index (χ1v) is 11.2. The Balaban J connectivity index is 1.49. The van der Waals surface area contributed by atoms with Gasteiger partial charge in [0.25, 0.3) is 0 Å². The zero-order chi connectivity index (χ0) is 21.6. The summed E-state index contributed by atoms with van der Waals surface area (Å²) in [5.74, 6) is 1.40. The van der Waals surface area contributed by atoms with Crippen LogP contribution in [0.25, 0.3) is 0 Å². The molecule has 0 unspecified atom stereocenters. The van der Waals surface area contributed by atoms with Crippen molar-refractivity contribution < 1.29 is 19.4 Å². The number of aryl methyl sites for hydroxylation is 1. The SMILES string of the molecule is CN(C(=O)CCc1ccccc1)[C@H](CN1CCCC1)[C@@H](O)c1ccc2c(c1)OCCO2. The molecule has 1 N–H and O–H groups in total. The second kappa shape index (κ2) is 10.2. The molecule has 166 valence electrons. The Morgan fingerprint density at radius 2 is 1.77 bits per heavy atom. The normalized spacial score (nSPS) is 17.9. The molecule has 2 aromatic carbocycles. The van der Waals surface area contributed by atoms with E-state index in [4.69, 9.17) is 9.47 Å². The van der Waals surface area contributed by atoms with E-state index in [0.29, 0.717) is 44.1 Å². The largest absolute Gasteiger partial charge is 0.486 e. The third kappa shape index (κ3) is 5.38. The fraction of sp³-hybridized carbons (Fsp3) is 0.480. The Hall–Kier alpha value is -2.57. The first kappa shape index (κ1) is 21.7. The predicted octanol–water partition coefficient (Wildman–Crippen LogP) is 3.05. The first-order chi connectivity index (χ1) is 15.1. The highest BCUT2D eigenvalue weighted by atomic mass is 16.6. The van der Waals surface area contributed by atoms with Crippen molar-refractivity contribution in [2.75, 3.05) is 39.9 Å². The maximum absolute atomic E-state index is 13.1. The predicted molar refractivity (Wildman–Crippen MR) is 119 cm³/mol. The summed E-state index contributed by atoms with van der Waals surface area (Å²) in [6, 6.07) is 15.3. The topological polar surface area (TPSA) is 62.2 Å². The van der Waals surface area contributed by atoms with Gasteiger partial charge >= 0.3 is 0 Å². The molecule has 6 nitrogen and oxygen atoms in total. The molecule has 6 heteroatoms. The Morgan fingerprint density at radius 1 is 1.06 bits per heavy atom. The van der Waals surface area contributed by atoms with Gasteiger partial charge in [0.1, 0.15) is 19.3 Å². The molecule has 2 aliphatic heterocycles. The van der Waals surface area contributed by atoms with E-state index in [1.54, 1.807) is 4.90 Å². The summed E-state index contributed by atoms with van der Waals surface area (Å²) in [5.41, 5.74) is 1.89. The number of aliphatic hydroxyl groups is 1. The Kier molecular flexibility index (Phi) is 7.10. The highest BCUT2D eigenvalue weighted by Crippen LogP contribution is 2.34. The molecular formula is C25H32N2O4. The van der Waals surface area contributed by atoms with E-state index in [-0.39, 0.29) is 11.9 Å². The minimum absolute atomic E-state index is 0.0460. The number of benzene rings is 2. The molecule has 4 rings (SSSR count). The number of carbonyl (C=O) groups excluding carboxylic acids is 1. The Morgan fingerprint density at radius 3 is 2.52 bits per heavy atom. The third-order valence-corrected chi connectivity index (χ3v) is 6.28. The number of fused-ring (bicyclic) bond motifs is 1. The van der Waals surface area contributed by atoms with Crippen LogP contribution < -0.4 is 9.47 Å². The molecule has 0 saturated carbocycles. The molecule has 2 heterocycles. The van der Waals surface area contributed by atoms with Gasteiger partial charge in [-0.3, -0.25) is 4.79 Å². The van der Waals surface area contributed by atoms with Gasteiger partial charge in [0, 0.05) is 20.0 Å². The van der Waals surface area contributed by atoms with Crippen LogP contribution in [0.1, 0.15) is 36.5 Å². The summed E-state index contributed by atoms with van der Waals surface area (Å²) in [6.45, 7) is 3.71. The average molecular weight is 425 g/mol. The first-order valence-electron chi connectivity index (χ1n) is 11.2. The third-order valence-electron chi connectivity index (χ3n) is 6.28. The molecule has 2 aromatic rings. The summed E-state index contributed by atoms with van der Waals surface area (Å²) in [5, 5.41) is 11.3. The lowest BCUT2D eigenvalue weighted by Crippen LogP contribution is -2.47. The number of likely N-dealkylation sites (tertiary alicyclic amines) is 1. The number of rotatable bonds is 8. The van der Waals surface area contributed by atoms with E-state index < -0.39 is 6.10 Å². The van der Waals surface area contributed by atoms with Gasteiger partial charge in [0.15, 0.2) is 11.5 Å². The van der Waals surface area contributed by atoms with Crippen LogP contribution in [0.15, 0.2) is 48.5 Å². The molecule has 0 bridgehead atoms. The summed E-state index contributed by atoms with van der Waals surface area (Å²) < 4.78 is 11.3. The number of amides is 1. The van der Waals surface area contributed by atoms with Gasteiger partial charge in [-0.25, -0.2) is 0 Å². The van der Waals surface area contributed by atoms with E-state index in [2.05, 4.69) is 4.90 Å². The van der Waals surface area contributed by atoms with Crippen molar-refractivity contribution in [3.05, 3.63) is 59.7 Å². The van der Waals surface area contributed by atoms with Crippen molar-refractivity contribution in [1.29, 1.82) is 0 Å². The summed E-state index contributed by atoms with van der Waals surface area (Å²) in [4.78, 5) is 17.1. The standard InChI is InChI=1S/C25H32N2O4/c1-26(24(28)12-9-19-7-3-2-4-8-19)21(18-27-13-5-6-14-27)25(29)20-10-11-22-23(17-20)31-16-15-30-22/h2-4,7-8,10-11,17,21,25,29H,5-6,9,12-16,18H2,1H3/t21-,25+/m1/s1. The average Bonchev–Trinajstić information content (AvgIpc) is 3.34. The van der Waals surface area contributed by atoms with Crippen molar-refractivity contribution in [3.8, 4) is 11.5 Å². The lowest BCUT2D eigenvalue weighted by atomic mass is 9.99. The lowest BCUT2D eigenvalue weighted by Gasteiger charge is -2.35. The Labute approximate surface area is 184 Å². The lowest BCUT2D eigenvalue weighted by molar-refractivity contribution is -0.135. The highest BCUT2D eigenvalue weighted by Gasteiger charge is 2.31. The zero-order valence-electron chi connectivity index (χ0n) is 18.2. The number of nitrogens with zero attached hydrogens (tertiary/aromatic N) is 2. The van der Waals surface area contributed by atoms with Crippen molar-refractivity contribution in [3.63, 3.8) is 0 Å². The van der Waals surface area contributed by atoms with E-state index in [1.165, 1.54) is 12.8 Å².